The van der Waals surface area contributed by atoms with Gasteiger partial charge in [0.1, 0.15) is 0 Å². The van der Waals surface area contributed by atoms with Gasteiger partial charge in [-0.3, -0.25) is 24.1 Å². The molecule has 9 heteroatoms. The lowest BCUT2D eigenvalue weighted by atomic mass is 10.2. The highest BCUT2D eigenvalue weighted by atomic mass is 16.5. The minimum Gasteiger partial charge on any atom is -0.452 e. The van der Waals surface area contributed by atoms with Gasteiger partial charge >= 0.3 is 5.97 Å². The fourth-order valence-electron chi connectivity index (χ4n) is 2.76. The molecule has 0 radical (unpaired) electrons. The largest absolute Gasteiger partial charge is 0.452 e. The number of benzene rings is 1. The highest BCUT2D eigenvalue weighted by Gasteiger charge is 2.30. The molecule has 4 amide bonds. The van der Waals surface area contributed by atoms with Gasteiger partial charge in [-0.15, -0.1) is 0 Å². The van der Waals surface area contributed by atoms with Crippen molar-refractivity contribution < 1.29 is 28.7 Å². The molecule has 0 atom stereocenters. The number of amides is 4. The molecule has 1 aliphatic carbocycles. The number of carbonyl (C=O) groups is 5. The molecule has 9 nitrogen and oxygen atoms in total. The van der Waals surface area contributed by atoms with Gasteiger partial charge in [-0.05, 0) is 31.0 Å². The number of esters is 1. The van der Waals surface area contributed by atoms with E-state index in [1.165, 1.54) is 30.1 Å². The number of nitrogens with one attached hydrogen (secondary N) is 1. The van der Waals surface area contributed by atoms with Crippen LogP contribution in [0.2, 0.25) is 0 Å². The van der Waals surface area contributed by atoms with E-state index in [0.29, 0.717) is 5.69 Å². The summed E-state index contributed by atoms with van der Waals surface area (Å²) in [7, 11) is 1.45. The quantitative estimate of drug-likeness (QED) is 0.529. The highest BCUT2D eigenvalue weighted by molar-refractivity contribution is 6.20. The third-order valence-electron chi connectivity index (χ3n) is 4.47. The number of hydrogen-bond donors (Lipinski definition) is 1. The van der Waals surface area contributed by atoms with Crippen LogP contribution in [-0.2, 0) is 23.9 Å². The third-order valence-corrected chi connectivity index (χ3v) is 4.47. The second-order valence-electron chi connectivity index (χ2n) is 6.84. The van der Waals surface area contributed by atoms with Crippen LogP contribution in [0.15, 0.2) is 24.3 Å². The Morgan fingerprint density at radius 1 is 1.18 bits per heavy atom. The summed E-state index contributed by atoms with van der Waals surface area (Å²) in [6, 6.07) is 6.13. The van der Waals surface area contributed by atoms with Crippen LogP contribution in [0.3, 0.4) is 0 Å². The van der Waals surface area contributed by atoms with Gasteiger partial charge in [-0.2, -0.15) is 0 Å². The van der Waals surface area contributed by atoms with E-state index in [1.807, 2.05) is 0 Å². The molecule has 1 saturated carbocycles. The number of ether oxygens (including phenoxy) is 1. The molecule has 28 heavy (non-hydrogen) atoms. The molecule has 2 fully saturated rings. The average molecular weight is 387 g/mol. The summed E-state index contributed by atoms with van der Waals surface area (Å²) in [6.45, 7) is -0.626. The Balaban J connectivity index is 1.53. The number of carbonyl (C=O) groups excluding carboxylic acids is 5. The Labute approximate surface area is 161 Å². The molecule has 1 heterocycles. The molecule has 1 N–H and O–H groups in total. The molecule has 3 rings (SSSR count). The summed E-state index contributed by atoms with van der Waals surface area (Å²) in [5, 5.41) is 2.77. The second-order valence-corrected chi connectivity index (χ2v) is 6.84. The standard InChI is InChI=1S/C19H21N3O6/c1-21(10-15(23)20-13-5-6-13)18(26)11-28-19(27)12-3-2-4-14(9-12)22-16(24)7-8-17(22)25/h2-4,9,13H,5-8,10-11H2,1H3,(H,20,23). The normalized spacial score (nSPS) is 16.1. The minimum absolute atomic E-state index is 0.110. The first-order chi connectivity index (χ1) is 13.3. The Hall–Kier alpha value is -3.23. The number of rotatable bonds is 7. The molecule has 1 aliphatic heterocycles. The summed E-state index contributed by atoms with van der Waals surface area (Å²) in [5.74, 6) is -2.17. The van der Waals surface area contributed by atoms with Crippen molar-refractivity contribution in [2.24, 2.45) is 0 Å². The van der Waals surface area contributed by atoms with Gasteiger partial charge in [0.2, 0.25) is 17.7 Å². The van der Waals surface area contributed by atoms with Crippen molar-refractivity contribution in [1.82, 2.24) is 10.2 Å². The number of likely N-dealkylation sites (N-methyl/N-ethyl adjacent to an activating group) is 1. The monoisotopic (exact) mass is 387 g/mol. The van der Waals surface area contributed by atoms with Crippen LogP contribution < -0.4 is 10.2 Å². The molecule has 0 unspecified atom stereocenters. The molecule has 148 valence electrons. The third kappa shape index (κ3) is 4.73. The van der Waals surface area contributed by atoms with Crippen LogP contribution in [0.25, 0.3) is 0 Å². The van der Waals surface area contributed by atoms with Crippen molar-refractivity contribution in [3.05, 3.63) is 29.8 Å². The van der Waals surface area contributed by atoms with Gasteiger partial charge in [0, 0.05) is 25.9 Å². The Kier molecular flexibility index (Phi) is 5.72. The summed E-state index contributed by atoms with van der Waals surface area (Å²) in [4.78, 5) is 61.8. The predicted octanol–water partition coefficient (Wildman–Crippen LogP) is 0.234. The van der Waals surface area contributed by atoms with Gasteiger partial charge in [0.05, 0.1) is 17.8 Å². The Morgan fingerprint density at radius 3 is 2.50 bits per heavy atom. The van der Waals surface area contributed by atoms with E-state index in [2.05, 4.69) is 5.32 Å². The Bertz CT molecular complexity index is 817. The van der Waals surface area contributed by atoms with Crippen LogP contribution in [-0.4, -0.2) is 60.7 Å². The van der Waals surface area contributed by atoms with Crippen molar-refractivity contribution >= 4 is 35.3 Å². The first kappa shape index (κ1) is 19.5. The summed E-state index contributed by atoms with van der Waals surface area (Å²) < 4.78 is 5.01. The maximum atomic E-state index is 12.2. The van der Waals surface area contributed by atoms with E-state index >= 15 is 0 Å². The predicted molar refractivity (Wildman–Crippen MR) is 97.3 cm³/mol. The first-order valence-corrected chi connectivity index (χ1v) is 9.01. The van der Waals surface area contributed by atoms with Gasteiger partial charge in [-0.1, -0.05) is 6.07 Å². The van der Waals surface area contributed by atoms with E-state index in [-0.39, 0.29) is 48.7 Å². The lowest BCUT2D eigenvalue weighted by Gasteiger charge is -2.17. The lowest BCUT2D eigenvalue weighted by Crippen LogP contribution is -2.40. The van der Waals surface area contributed by atoms with Crippen molar-refractivity contribution in [2.75, 3.05) is 25.1 Å². The zero-order chi connectivity index (χ0) is 20.3. The first-order valence-electron chi connectivity index (χ1n) is 9.01. The maximum Gasteiger partial charge on any atom is 0.338 e. The molecule has 0 aromatic heterocycles. The lowest BCUT2D eigenvalue weighted by molar-refractivity contribution is -0.137. The van der Waals surface area contributed by atoms with Crippen LogP contribution in [0.4, 0.5) is 5.69 Å². The summed E-state index contributed by atoms with van der Waals surface area (Å²) in [6.07, 6.45) is 2.19. The second kappa shape index (κ2) is 8.20. The maximum absolute atomic E-state index is 12.2. The molecule has 2 aliphatic rings. The van der Waals surface area contributed by atoms with E-state index < -0.39 is 18.5 Å². The fourth-order valence-corrected chi connectivity index (χ4v) is 2.76. The highest BCUT2D eigenvalue weighted by Crippen LogP contribution is 2.23. The van der Waals surface area contributed by atoms with Crippen molar-refractivity contribution in [3.63, 3.8) is 0 Å². The van der Waals surface area contributed by atoms with Gasteiger partial charge < -0.3 is 15.0 Å². The van der Waals surface area contributed by atoms with Crippen LogP contribution >= 0.6 is 0 Å². The van der Waals surface area contributed by atoms with Crippen LogP contribution in [0.1, 0.15) is 36.0 Å². The molecule has 1 aromatic rings. The molecular weight excluding hydrogens is 366 g/mol. The summed E-state index contributed by atoms with van der Waals surface area (Å²) >= 11 is 0. The van der Waals surface area contributed by atoms with Gasteiger partial charge in [0.25, 0.3) is 5.91 Å². The fraction of sp³-hybridized carbons (Fsp3) is 0.421. The van der Waals surface area contributed by atoms with Crippen LogP contribution in [0.5, 0.6) is 0 Å². The smallest absolute Gasteiger partial charge is 0.338 e. The zero-order valence-electron chi connectivity index (χ0n) is 15.5. The number of nitrogens with zero attached hydrogens (tertiary/aromatic N) is 2. The topological polar surface area (TPSA) is 113 Å². The number of hydrogen-bond acceptors (Lipinski definition) is 6. The van der Waals surface area contributed by atoms with E-state index in [9.17, 15) is 24.0 Å². The minimum atomic E-state index is -0.759. The van der Waals surface area contributed by atoms with Gasteiger partial charge in [0.15, 0.2) is 6.61 Å². The molecule has 1 saturated heterocycles. The Morgan fingerprint density at radius 2 is 1.86 bits per heavy atom. The molecule has 0 bridgehead atoms. The van der Waals surface area contributed by atoms with Crippen molar-refractivity contribution in [1.29, 1.82) is 0 Å². The van der Waals surface area contributed by atoms with Gasteiger partial charge in [-0.25, -0.2) is 4.79 Å². The van der Waals surface area contributed by atoms with E-state index in [0.717, 1.165) is 17.7 Å². The molecule has 0 spiro atoms. The van der Waals surface area contributed by atoms with E-state index in [1.54, 1.807) is 6.07 Å². The van der Waals surface area contributed by atoms with Crippen molar-refractivity contribution in [2.45, 2.75) is 31.7 Å². The van der Waals surface area contributed by atoms with E-state index in [4.69, 9.17) is 4.74 Å². The zero-order valence-corrected chi connectivity index (χ0v) is 15.5. The molecular formula is C19H21N3O6. The average Bonchev–Trinajstić information content (AvgIpc) is 3.41. The van der Waals surface area contributed by atoms with Crippen LogP contribution in [0, 0.1) is 0 Å². The summed E-state index contributed by atoms with van der Waals surface area (Å²) in [5.41, 5.74) is 0.411. The van der Waals surface area contributed by atoms with Crippen molar-refractivity contribution in [3.8, 4) is 0 Å². The molecule has 1 aromatic carbocycles. The number of anilines is 1. The number of imide groups is 1. The SMILES string of the molecule is CN(CC(=O)NC1CC1)C(=O)COC(=O)c1cccc(N2C(=O)CCC2=O)c1.